The van der Waals surface area contributed by atoms with E-state index in [0.717, 1.165) is 26.9 Å². The first-order valence-corrected chi connectivity index (χ1v) is 16.9. The van der Waals surface area contributed by atoms with Gasteiger partial charge in [-0.15, -0.1) is 0 Å². The van der Waals surface area contributed by atoms with E-state index in [1.807, 2.05) is 84.9 Å². The second-order valence-corrected chi connectivity index (χ2v) is 12.7. The van der Waals surface area contributed by atoms with Crippen LogP contribution in [0.15, 0.2) is 158 Å². The summed E-state index contributed by atoms with van der Waals surface area (Å²) >= 11 is 0. The Hall–Kier alpha value is -7.63. The van der Waals surface area contributed by atoms with E-state index in [0.29, 0.717) is 22.5 Å². The number of nitriles is 1. The molecule has 7 aromatic rings. The Bertz CT molecular complexity index is 2650. The first kappa shape index (κ1) is 31.4. The van der Waals surface area contributed by atoms with Gasteiger partial charge in [0.2, 0.25) is 0 Å². The maximum absolute atomic E-state index is 14.7. The number of carbonyl (C=O) groups excluding carboxylic acids is 4. The van der Waals surface area contributed by atoms with Gasteiger partial charge in [-0.3, -0.25) is 19.2 Å². The Morgan fingerprint density at radius 2 is 0.849 bits per heavy atom. The largest absolute Gasteiger partial charge is 0.311 e. The second kappa shape index (κ2) is 12.3. The first-order chi connectivity index (χ1) is 26.0. The third-order valence-electron chi connectivity index (χ3n) is 9.72. The maximum atomic E-state index is 14.7. The highest BCUT2D eigenvalue weighted by Gasteiger charge is 2.43. The van der Waals surface area contributed by atoms with Crippen LogP contribution in [-0.2, 0) is 0 Å². The second-order valence-electron chi connectivity index (χ2n) is 12.7. The summed E-state index contributed by atoms with van der Waals surface area (Å²) in [6, 6.07) is 49.7. The van der Waals surface area contributed by atoms with Crippen LogP contribution in [-0.4, -0.2) is 23.6 Å². The molecule has 0 saturated carbocycles. The normalized spacial score (nSPS) is 13.3. The molecule has 0 aliphatic carbocycles. The van der Waals surface area contributed by atoms with Crippen LogP contribution in [0.5, 0.6) is 0 Å². The molecule has 2 aliphatic rings. The predicted molar refractivity (Wildman–Crippen MR) is 204 cm³/mol. The number of carbonyl (C=O) groups is 4. The van der Waals surface area contributed by atoms with Crippen molar-refractivity contribution in [2.45, 2.75) is 0 Å². The van der Waals surface area contributed by atoms with Crippen LogP contribution >= 0.6 is 0 Å². The van der Waals surface area contributed by atoms with Crippen molar-refractivity contribution in [2.24, 2.45) is 0 Å². The van der Waals surface area contributed by atoms with Crippen LogP contribution in [0.4, 0.5) is 28.4 Å². The summed E-state index contributed by atoms with van der Waals surface area (Å²) in [5.41, 5.74) is 4.72. The van der Waals surface area contributed by atoms with Crippen molar-refractivity contribution in [1.29, 1.82) is 5.26 Å². The number of anilines is 5. The van der Waals surface area contributed by atoms with Crippen molar-refractivity contribution in [1.82, 2.24) is 0 Å². The topological polar surface area (TPSA) is 102 Å². The van der Waals surface area contributed by atoms with Gasteiger partial charge in [-0.2, -0.15) is 5.26 Å². The van der Waals surface area contributed by atoms with Crippen LogP contribution < -0.4 is 14.7 Å². The third-order valence-corrected chi connectivity index (χ3v) is 9.72. The van der Waals surface area contributed by atoms with E-state index in [9.17, 15) is 24.4 Å². The first-order valence-electron chi connectivity index (χ1n) is 16.9. The van der Waals surface area contributed by atoms with E-state index in [1.54, 1.807) is 66.7 Å². The zero-order valence-corrected chi connectivity index (χ0v) is 27.9. The fourth-order valence-corrected chi connectivity index (χ4v) is 7.40. The fourth-order valence-electron chi connectivity index (χ4n) is 7.40. The van der Waals surface area contributed by atoms with Gasteiger partial charge in [0.05, 0.1) is 33.6 Å². The van der Waals surface area contributed by atoms with Gasteiger partial charge in [0.1, 0.15) is 6.07 Å². The molecular weight excluding hydrogens is 661 g/mol. The van der Waals surface area contributed by atoms with Crippen molar-refractivity contribution in [3.63, 3.8) is 0 Å². The summed E-state index contributed by atoms with van der Waals surface area (Å²) in [4.78, 5) is 62.0. The molecule has 0 radical (unpaired) electrons. The van der Waals surface area contributed by atoms with Crippen molar-refractivity contribution in [2.75, 3.05) is 14.7 Å². The Morgan fingerprint density at radius 3 is 1.34 bits per heavy atom. The molecule has 4 amide bonds. The minimum Gasteiger partial charge on any atom is -0.311 e. The average Bonchev–Trinajstić information content (AvgIpc) is 3.21. The molecule has 0 atom stereocenters. The molecule has 0 unspecified atom stereocenters. The van der Waals surface area contributed by atoms with E-state index < -0.39 is 23.6 Å². The minimum absolute atomic E-state index is 0.0250. The molecule has 0 N–H and O–H groups in total. The molecule has 0 aromatic heterocycles. The molecule has 250 valence electrons. The predicted octanol–water partition coefficient (Wildman–Crippen LogP) is 9.45. The number of rotatable bonds is 6. The van der Waals surface area contributed by atoms with Gasteiger partial charge < -0.3 is 4.90 Å². The number of benzene rings is 7. The lowest BCUT2D eigenvalue weighted by Gasteiger charge is -2.33. The Labute approximate surface area is 304 Å². The lowest BCUT2D eigenvalue weighted by atomic mass is 9.80. The standard InChI is InChI=1S/C45H26N4O4/c46-27-29-25-36-40-39-37(43(51)48(44(52)38(29)39)32-17-9-3-10-18-32)26-35(41(40)45(53)49(42(36)50)33-19-11-4-12-20-33)28-21-23-34(24-22-28)47(30-13-5-1-6-14-30)31-15-7-2-8-16-31/h1-26H. The van der Waals surface area contributed by atoms with Crippen LogP contribution in [0, 0.1) is 11.3 Å². The number of hydrogen-bond donors (Lipinski definition) is 0. The van der Waals surface area contributed by atoms with Gasteiger partial charge >= 0.3 is 0 Å². The zero-order chi connectivity index (χ0) is 36.2. The number of amides is 4. The lowest BCUT2D eigenvalue weighted by Crippen LogP contribution is -2.44. The molecule has 0 saturated heterocycles. The van der Waals surface area contributed by atoms with Crippen molar-refractivity contribution in [3.8, 4) is 17.2 Å². The molecule has 8 heteroatoms. The number of nitrogens with zero attached hydrogens (tertiary/aromatic N) is 4. The van der Waals surface area contributed by atoms with Gasteiger partial charge in [0.25, 0.3) is 23.6 Å². The SMILES string of the molecule is N#Cc1cc2c3c(c(-c4ccc(N(c5ccccc5)c5ccccc5)cc4)cc4c3c1C(=O)N(c1ccccc1)C4=O)C(=O)N(c1ccccc1)C2=O. The van der Waals surface area contributed by atoms with E-state index in [-0.39, 0.29) is 38.6 Å². The highest BCUT2D eigenvalue weighted by atomic mass is 16.2. The quantitative estimate of drug-likeness (QED) is 0.162. The summed E-state index contributed by atoms with van der Waals surface area (Å²) < 4.78 is 0. The Balaban J connectivity index is 1.31. The number of hydrogen-bond acceptors (Lipinski definition) is 6. The van der Waals surface area contributed by atoms with E-state index >= 15 is 0 Å². The molecule has 0 spiro atoms. The van der Waals surface area contributed by atoms with Gasteiger partial charge in [0.15, 0.2) is 0 Å². The van der Waals surface area contributed by atoms with Crippen LogP contribution in [0.25, 0.3) is 21.9 Å². The van der Waals surface area contributed by atoms with Crippen LogP contribution in [0.1, 0.15) is 47.0 Å². The summed E-state index contributed by atoms with van der Waals surface area (Å²) in [6.07, 6.45) is 0. The molecule has 7 aromatic carbocycles. The van der Waals surface area contributed by atoms with Gasteiger partial charge in [-0.25, -0.2) is 9.80 Å². The molecular formula is C45H26N4O4. The molecule has 0 fully saturated rings. The van der Waals surface area contributed by atoms with Crippen molar-refractivity contribution >= 4 is 62.8 Å². The molecule has 53 heavy (non-hydrogen) atoms. The Kier molecular flexibility index (Phi) is 7.28. The third kappa shape index (κ3) is 4.83. The monoisotopic (exact) mass is 686 g/mol. The van der Waals surface area contributed by atoms with Crippen molar-refractivity contribution < 1.29 is 19.2 Å². The number of para-hydroxylation sites is 4. The number of imide groups is 2. The molecule has 8 nitrogen and oxygen atoms in total. The zero-order valence-electron chi connectivity index (χ0n) is 27.9. The molecule has 0 bridgehead atoms. The summed E-state index contributed by atoms with van der Waals surface area (Å²) in [6.45, 7) is 0. The summed E-state index contributed by atoms with van der Waals surface area (Å²) in [7, 11) is 0. The van der Waals surface area contributed by atoms with E-state index in [2.05, 4.69) is 11.0 Å². The molecule has 2 heterocycles. The van der Waals surface area contributed by atoms with Gasteiger partial charge in [0, 0.05) is 33.4 Å². The van der Waals surface area contributed by atoms with Crippen molar-refractivity contribution in [3.05, 3.63) is 186 Å². The summed E-state index contributed by atoms with van der Waals surface area (Å²) in [5.74, 6) is -2.58. The minimum atomic E-state index is -0.702. The fraction of sp³-hybridized carbons (Fsp3) is 0. The van der Waals surface area contributed by atoms with Gasteiger partial charge in [-0.1, -0.05) is 84.9 Å². The molecule has 9 rings (SSSR count). The van der Waals surface area contributed by atoms with Gasteiger partial charge in [-0.05, 0) is 83.9 Å². The highest BCUT2D eigenvalue weighted by molar-refractivity contribution is 6.44. The van der Waals surface area contributed by atoms with Crippen LogP contribution in [0.3, 0.4) is 0 Å². The molecule has 2 aliphatic heterocycles. The summed E-state index contributed by atoms with van der Waals surface area (Å²) in [5, 5.41) is 10.7. The Morgan fingerprint density at radius 1 is 0.434 bits per heavy atom. The smallest absolute Gasteiger partial charge is 0.267 e. The van der Waals surface area contributed by atoms with E-state index in [4.69, 9.17) is 0 Å². The van der Waals surface area contributed by atoms with E-state index in [1.165, 1.54) is 6.07 Å². The highest BCUT2D eigenvalue weighted by Crippen LogP contribution is 2.46. The lowest BCUT2D eigenvalue weighted by molar-refractivity contribution is 0.0873. The maximum Gasteiger partial charge on any atom is 0.267 e. The average molecular weight is 687 g/mol. The van der Waals surface area contributed by atoms with Crippen LogP contribution in [0.2, 0.25) is 0 Å².